The van der Waals surface area contributed by atoms with E-state index in [1.165, 1.54) is 0 Å². The Morgan fingerprint density at radius 1 is 1.44 bits per heavy atom. The van der Waals surface area contributed by atoms with Crippen LogP contribution in [0.2, 0.25) is 0 Å². The summed E-state index contributed by atoms with van der Waals surface area (Å²) >= 11 is 0. The summed E-state index contributed by atoms with van der Waals surface area (Å²) in [5.41, 5.74) is -0.195. The molecule has 1 saturated heterocycles. The van der Waals surface area contributed by atoms with Crippen LogP contribution in [0.15, 0.2) is 18.2 Å². The molecule has 0 aromatic heterocycles. The Hall–Kier alpha value is -1.20. The van der Waals surface area contributed by atoms with Gasteiger partial charge < -0.3 is 10.2 Å². The Labute approximate surface area is 111 Å². The molecule has 1 aliphatic rings. The number of carbonyl (C=O) groups excluding carboxylic acids is 1. The first kappa shape index (κ1) is 14.9. The molecule has 1 N–H and O–H groups in total. The zero-order chi connectivity index (χ0) is 12.4. The molecule has 100 valence electrons. The third-order valence-electron chi connectivity index (χ3n) is 2.81. The maximum Gasteiger partial charge on any atom is 0.257 e. The predicted molar refractivity (Wildman–Crippen MR) is 67.0 cm³/mol. The normalized spacial score (nSPS) is 19.3. The molecule has 0 saturated carbocycles. The van der Waals surface area contributed by atoms with Gasteiger partial charge in [-0.25, -0.2) is 8.78 Å². The van der Waals surface area contributed by atoms with Gasteiger partial charge in [-0.15, -0.1) is 12.4 Å². The van der Waals surface area contributed by atoms with E-state index in [4.69, 9.17) is 0 Å². The van der Waals surface area contributed by atoms with E-state index < -0.39 is 17.5 Å². The zero-order valence-corrected chi connectivity index (χ0v) is 10.8. The van der Waals surface area contributed by atoms with Crippen molar-refractivity contribution in [3.63, 3.8) is 0 Å². The Morgan fingerprint density at radius 3 is 2.83 bits per heavy atom. The summed E-state index contributed by atoms with van der Waals surface area (Å²) in [5, 5.41) is 3.18. The van der Waals surface area contributed by atoms with Crippen molar-refractivity contribution in [2.75, 3.05) is 19.6 Å². The minimum absolute atomic E-state index is 0. The summed E-state index contributed by atoms with van der Waals surface area (Å²) < 4.78 is 26.4. The molecule has 1 aromatic rings. The molecule has 1 amide bonds. The molecule has 1 aliphatic heterocycles. The van der Waals surface area contributed by atoms with E-state index in [-0.39, 0.29) is 24.0 Å². The summed E-state index contributed by atoms with van der Waals surface area (Å²) in [4.78, 5) is 13.6. The van der Waals surface area contributed by atoms with E-state index in [1.54, 1.807) is 4.90 Å². The van der Waals surface area contributed by atoms with E-state index in [1.807, 2.05) is 6.92 Å². The first-order chi connectivity index (χ1) is 8.08. The van der Waals surface area contributed by atoms with Crippen LogP contribution in [0.3, 0.4) is 0 Å². The molecule has 0 spiro atoms. The van der Waals surface area contributed by atoms with E-state index in [9.17, 15) is 13.6 Å². The molecule has 1 fully saturated rings. The summed E-state index contributed by atoms with van der Waals surface area (Å²) in [5.74, 6) is -1.73. The van der Waals surface area contributed by atoms with Crippen LogP contribution in [0, 0.1) is 11.6 Å². The van der Waals surface area contributed by atoms with Crippen LogP contribution in [0.25, 0.3) is 0 Å². The van der Waals surface area contributed by atoms with E-state index in [0.717, 1.165) is 18.2 Å². The Bertz CT molecular complexity index is 442. The predicted octanol–water partition coefficient (Wildman–Crippen LogP) is 1.82. The molecule has 3 nitrogen and oxygen atoms in total. The van der Waals surface area contributed by atoms with Crippen LogP contribution >= 0.6 is 12.4 Å². The lowest BCUT2D eigenvalue weighted by atomic mass is 10.1. The number of piperazine rings is 1. The lowest BCUT2D eigenvalue weighted by molar-refractivity contribution is 0.0704. The average molecular weight is 277 g/mol. The maximum absolute atomic E-state index is 13.4. The van der Waals surface area contributed by atoms with Crippen molar-refractivity contribution in [2.45, 2.75) is 13.0 Å². The van der Waals surface area contributed by atoms with Crippen LogP contribution in [-0.2, 0) is 0 Å². The molecular weight excluding hydrogens is 262 g/mol. The second-order valence-electron chi connectivity index (χ2n) is 4.23. The lowest BCUT2D eigenvalue weighted by Gasteiger charge is -2.32. The SMILES string of the molecule is C[C@@H]1CN(C(=O)c2cc(F)ccc2F)CCN1.Cl. The Kier molecular flexibility index (Phi) is 5.04. The monoisotopic (exact) mass is 276 g/mol. The van der Waals surface area contributed by atoms with Gasteiger partial charge in [-0.05, 0) is 25.1 Å². The van der Waals surface area contributed by atoms with Crippen molar-refractivity contribution >= 4 is 18.3 Å². The Morgan fingerprint density at radius 2 is 2.17 bits per heavy atom. The molecule has 0 bridgehead atoms. The van der Waals surface area contributed by atoms with Gasteiger partial charge in [0, 0.05) is 25.7 Å². The fourth-order valence-corrected chi connectivity index (χ4v) is 1.95. The smallest absolute Gasteiger partial charge is 0.257 e. The van der Waals surface area contributed by atoms with Crippen molar-refractivity contribution in [3.05, 3.63) is 35.4 Å². The molecule has 1 aromatic carbocycles. The van der Waals surface area contributed by atoms with Crippen molar-refractivity contribution in [1.29, 1.82) is 0 Å². The van der Waals surface area contributed by atoms with Crippen molar-refractivity contribution < 1.29 is 13.6 Å². The van der Waals surface area contributed by atoms with Gasteiger partial charge in [0.05, 0.1) is 5.56 Å². The second-order valence-corrected chi connectivity index (χ2v) is 4.23. The number of nitrogens with one attached hydrogen (secondary N) is 1. The molecule has 2 rings (SSSR count). The van der Waals surface area contributed by atoms with Gasteiger partial charge in [0.2, 0.25) is 0 Å². The van der Waals surface area contributed by atoms with Crippen LogP contribution < -0.4 is 5.32 Å². The fourth-order valence-electron chi connectivity index (χ4n) is 1.95. The van der Waals surface area contributed by atoms with E-state index >= 15 is 0 Å². The summed E-state index contributed by atoms with van der Waals surface area (Å²) in [6, 6.07) is 3.11. The van der Waals surface area contributed by atoms with Crippen LogP contribution in [0.1, 0.15) is 17.3 Å². The number of nitrogens with zero attached hydrogens (tertiary/aromatic N) is 1. The van der Waals surface area contributed by atoms with Crippen molar-refractivity contribution in [3.8, 4) is 0 Å². The number of rotatable bonds is 1. The molecular formula is C12H15ClF2N2O. The minimum Gasteiger partial charge on any atom is -0.336 e. The first-order valence-corrected chi connectivity index (χ1v) is 5.55. The number of carbonyl (C=O) groups is 1. The highest BCUT2D eigenvalue weighted by atomic mass is 35.5. The number of amides is 1. The molecule has 0 aliphatic carbocycles. The topological polar surface area (TPSA) is 32.3 Å². The van der Waals surface area contributed by atoms with Gasteiger partial charge in [-0.1, -0.05) is 0 Å². The van der Waals surface area contributed by atoms with Gasteiger partial charge in [-0.3, -0.25) is 4.79 Å². The summed E-state index contributed by atoms with van der Waals surface area (Å²) in [7, 11) is 0. The Balaban J connectivity index is 0.00000162. The van der Waals surface area contributed by atoms with Gasteiger partial charge >= 0.3 is 0 Å². The number of benzene rings is 1. The van der Waals surface area contributed by atoms with Gasteiger partial charge in [0.15, 0.2) is 0 Å². The molecule has 0 unspecified atom stereocenters. The fraction of sp³-hybridized carbons (Fsp3) is 0.417. The first-order valence-electron chi connectivity index (χ1n) is 5.55. The van der Waals surface area contributed by atoms with Crippen LogP contribution in [0.5, 0.6) is 0 Å². The van der Waals surface area contributed by atoms with Gasteiger partial charge in [0.1, 0.15) is 11.6 Å². The largest absolute Gasteiger partial charge is 0.336 e. The summed E-state index contributed by atoms with van der Waals surface area (Å²) in [6.45, 7) is 3.64. The number of hydrogen-bond acceptors (Lipinski definition) is 2. The highest BCUT2D eigenvalue weighted by Crippen LogP contribution is 2.13. The van der Waals surface area contributed by atoms with E-state index in [0.29, 0.717) is 19.6 Å². The quantitative estimate of drug-likeness (QED) is 0.849. The molecule has 1 atom stereocenters. The second kappa shape index (κ2) is 6.11. The maximum atomic E-state index is 13.4. The van der Waals surface area contributed by atoms with E-state index in [2.05, 4.69) is 5.32 Å². The lowest BCUT2D eigenvalue weighted by Crippen LogP contribution is -2.51. The van der Waals surface area contributed by atoms with Crippen molar-refractivity contribution in [2.24, 2.45) is 0 Å². The van der Waals surface area contributed by atoms with Crippen LogP contribution in [-0.4, -0.2) is 36.5 Å². The third-order valence-corrected chi connectivity index (χ3v) is 2.81. The molecule has 18 heavy (non-hydrogen) atoms. The summed E-state index contributed by atoms with van der Waals surface area (Å²) in [6.07, 6.45) is 0. The minimum atomic E-state index is -0.678. The zero-order valence-electron chi connectivity index (χ0n) is 9.95. The van der Waals surface area contributed by atoms with Crippen molar-refractivity contribution in [1.82, 2.24) is 10.2 Å². The molecule has 1 heterocycles. The van der Waals surface area contributed by atoms with Gasteiger partial charge in [-0.2, -0.15) is 0 Å². The molecule has 0 radical (unpaired) electrons. The van der Waals surface area contributed by atoms with Gasteiger partial charge in [0.25, 0.3) is 5.91 Å². The molecule has 6 heteroatoms. The number of halogens is 3. The standard InChI is InChI=1S/C12H14F2N2O.ClH/c1-8-7-16(5-4-15-8)12(17)10-6-9(13)2-3-11(10)14;/h2-3,6,8,15H,4-5,7H2,1H3;1H/t8-;/m1./s1. The van der Waals surface area contributed by atoms with Crippen LogP contribution in [0.4, 0.5) is 8.78 Å². The highest BCUT2D eigenvalue weighted by molar-refractivity contribution is 5.94. The third kappa shape index (κ3) is 3.17. The number of hydrogen-bond donors (Lipinski definition) is 1. The average Bonchev–Trinajstić information content (AvgIpc) is 2.31. The highest BCUT2D eigenvalue weighted by Gasteiger charge is 2.23.